The van der Waals surface area contributed by atoms with Gasteiger partial charge in [-0.15, -0.1) is 0 Å². The van der Waals surface area contributed by atoms with Crippen molar-refractivity contribution in [3.8, 4) is 0 Å². The lowest BCUT2D eigenvalue weighted by Crippen LogP contribution is -2.21. The Bertz CT molecular complexity index is 349. The van der Waals surface area contributed by atoms with Gasteiger partial charge in [0.1, 0.15) is 6.29 Å². The Morgan fingerprint density at radius 3 is 2.40 bits per heavy atom. The second-order valence-electron chi connectivity index (χ2n) is 3.02. The maximum Gasteiger partial charge on any atom is 0.396 e. The molecule has 1 atom stereocenters. The van der Waals surface area contributed by atoms with Crippen LogP contribution in [-0.2, 0) is 4.79 Å². The lowest BCUT2D eigenvalue weighted by atomic mass is 9.96. The number of benzene rings is 1. The van der Waals surface area contributed by atoms with Gasteiger partial charge in [0.25, 0.3) is 0 Å². The molecule has 0 aliphatic heterocycles. The van der Waals surface area contributed by atoms with E-state index in [4.69, 9.17) is 11.6 Å². The molecule has 1 rings (SSSR count). The monoisotopic (exact) mass is 236 g/mol. The van der Waals surface area contributed by atoms with Crippen LogP contribution in [0.15, 0.2) is 24.3 Å². The van der Waals surface area contributed by atoms with Gasteiger partial charge in [0.15, 0.2) is 0 Å². The highest BCUT2D eigenvalue weighted by molar-refractivity contribution is 6.31. The van der Waals surface area contributed by atoms with E-state index < -0.39 is 18.5 Å². The van der Waals surface area contributed by atoms with Crippen LogP contribution in [0.2, 0.25) is 5.02 Å². The van der Waals surface area contributed by atoms with Crippen LogP contribution in [0.5, 0.6) is 0 Å². The van der Waals surface area contributed by atoms with E-state index in [0.29, 0.717) is 0 Å². The molecule has 0 fully saturated rings. The zero-order chi connectivity index (χ0) is 11.5. The first-order valence-electron chi connectivity index (χ1n) is 4.21. The third kappa shape index (κ3) is 2.96. The van der Waals surface area contributed by atoms with Crippen LogP contribution in [-0.4, -0.2) is 12.5 Å². The summed E-state index contributed by atoms with van der Waals surface area (Å²) in [4.78, 5) is 10.2. The second kappa shape index (κ2) is 4.66. The van der Waals surface area contributed by atoms with Gasteiger partial charge in [0, 0.05) is 11.4 Å². The van der Waals surface area contributed by atoms with Crippen molar-refractivity contribution in [3.63, 3.8) is 0 Å². The maximum atomic E-state index is 12.6. The lowest BCUT2D eigenvalue weighted by molar-refractivity contribution is -0.153. The second-order valence-corrected chi connectivity index (χ2v) is 3.43. The van der Waals surface area contributed by atoms with Crippen molar-refractivity contribution in [1.82, 2.24) is 0 Å². The van der Waals surface area contributed by atoms with Crippen LogP contribution in [0.25, 0.3) is 0 Å². The fourth-order valence-corrected chi connectivity index (χ4v) is 1.56. The molecule has 0 saturated heterocycles. The smallest absolute Gasteiger partial charge is 0.303 e. The van der Waals surface area contributed by atoms with Gasteiger partial charge in [-0.05, 0) is 11.6 Å². The highest BCUT2D eigenvalue weighted by Gasteiger charge is 2.41. The van der Waals surface area contributed by atoms with E-state index >= 15 is 0 Å². The first-order chi connectivity index (χ1) is 6.96. The van der Waals surface area contributed by atoms with E-state index in [-0.39, 0.29) is 16.9 Å². The maximum absolute atomic E-state index is 12.6. The molecule has 0 saturated carbocycles. The summed E-state index contributed by atoms with van der Waals surface area (Å²) < 4.78 is 37.7. The molecule has 0 aliphatic carbocycles. The van der Waals surface area contributed by atoms with Crippen LogP contribution >= 0.6 is 11.6 Å². The fraction of sp³-hybridized carbons (Fsp3) is 0.300. The number of hydrogen-bond acceptors (Lipinski definition) is 1. The molecule has 1 aromatic carbocycles. The molecule has 15 heavy (non-hydrogen) atoms. The van der Waals surface area contributed by atoms with Gasteiger partial charge in [-0.1, -0.05) is 29.8 Å². The fourth-order valence-electron chi connectivity index (χ4n) is 1.29. The topological polar surface area (TPSA) is 17.1 Å². The Balaban J connectivity index is 3.10. The van der Waals surface area contributed by atoms with Gasteiger partial charge in [-0.25, -0.2) is 0 Å². The summed E-state index contributed by atoms with van der Waals surface area (Å²) in [7, 11) is 0. The molecular formula is C10H8ClF3O. The van der Waals surface area contributed by atoms with Crippen molar-refractivity contribution in [3.05, 3.63) is 34.9 Å². The number of hydrogen-bond donors (Lipinski definition) is 0. The lowest BCUT2D eigenvalue weighted by Gasteiger charge is -2.19. The highest BCUT2D eigenvalue weighted by atomic mass is 35.5. The van der Waals surface area contributed by atoms with Crippen molar-refractivity contribution in [2.75, 3.05) is 0 Å². The molecule has 0 aromatic heterocycles. The number of carbonyl (C=O) groups is 1. The van der Waals surface area contributed by atoms with Gasteiger partial charge >= 0.3 is 6.18 Å². The molecule has 5 heteroatoms. The highest BCUT2D eigenvalue weighted by Crippen LogP contribution is 2.39. The minimum atomic E-state index is -4.45. The molecule has 1 aromatic rings. The molecular weight excluding hydrogens is 229 g/mol. The molecule has 0 heterocycles. The zero-order valence-corrected chi connectivity index (χ0v) is 8.35. The average molecular weight is 237 g/mol. The number of alkyl halides is 3. The zero-order valence-electron chi connectivity index (χ0n) is 7.59. The van der Waals surface area contributed by atoms with E-state index in [2.05, 4.69) is 0 Å². The summed E-state index contributed by atoms with van der Waals surface area (Å²) in [6, 6.07) is 5.66. The molecule has 1 nitrogen and oxygen atoms in total. The van der Waals surface area contributed by atoms with Crippen molar-refractivity contribution < 1.29 is 18.0 Å². The predicted octanol–water partition coefficient (Wildman–Crippen LogP) is 3.57. The van der Waals surface area contributed by atoms with E-state index in [1.165, 1.54) is 18.2 Å². The number of carbonyl (C=O) groups excluding carboxylic acids is 1. The summed E-state index contributed by atoms with van der Waals surface area (Å²) >= 11 is 5.64. The van der Waals surface area contributed by atoms with Crippen molar-refractivity contribution in [2.24, 2.45) is 0 Å². The van der Waals surface area contributed by atoms with Crippen molar-refractivity contribution in [1.29, 1.82) is 0 Å². The minimum absolute atomic E-state index is 0.0293. The summed E-state index contributed by atoms with van der Waals surface area (Å²) in [6.07, 6.45) is -4.80. The minimum Gasteiger partial charge on any atom is -0.303 e. The Morgan fingerprint density at radius 1 is 1.33 bits per heavy atom. The van der Waals surface area contributed by atoms with Crippen LogP contribution in [0.1, 0.15) is 17.9 Å². The normalized spacial score (nSPS) is 13.6. The van der Waals surface area contributed by atoms with E-state index in [1.54, 1.807) is 6.07 Å². The summed E-state index contributed by atoms with van der Waals surface area (Å²) in [6.45, 7) is 0. The number of rotatable bonds is 3. The van der Waals surface area contributed by atoms with Gasteiger partial charge in [0.05, 0.1) is 5.92 Å². The van der Waals surface area contributed by atoms with E-state index in [0.717, 1.165) is 0 Å². The van der Waals surface area contributed by atoms with Gasteiger partial charge in [-0.2, -0.15) is 13.2 Å². The Labute approximate surface area is 89.9 Å². The van der Waals surface area contributed by atoms with Crippen LogP contribution in [0.4, 0.5) is 13.2 Å². The molecule has 1 unspecified atom stereocenters. The summed E-state index contributed by atoms with van der Waals surface area (Å²) in [5, 5.41) is 0.0293. The molecule has 0 amide bonds. The molecule has 0 bridgehead atoms. The van der Waals surface area contributed by atoms with Crippen LogP contribution in [0.3, 0.4) is 0 Å². The Hall–Kier alpha value is -1.03. The van der Waals surface area contributed by atoms with Crippen molar-refractivity contribution >= 4 is 17.9 Å². The largest absolute Gasteiger partial charge is 0.396 e. The molecule has 0 aliphatic rings. The van der Waals surface area contributed by atoms with E-state index in [1.807, 2.05) is 0 Å². The van der Waals surface area contributed by atoms with E-state index in [9.17, 15) is 18.0 Å². The summed E-state index contributed by atoms with van der Waals surface area (Å²) in [5.41, 5.74) is -0.0567. The van der Waals surface area contributed by atoms with Crippen molar-refractivity contribution in [2.45, 2.75) is 18.5 Å². The van der Waals surface area contributed by atoms with Crippen LogP contribution in [0, 0.1) is 0 Å². The van der Waals surface area contributed by atoms with Crippen LogP contribution < -0.4 is 0 Å². The summed E-state index contributed by atoms with van der Waals surface area (Å²) in [5.74, 6) is -1.82. The first kappa shape index (κ1) is 12.0. The molecule has 82 valence electrons. The third-order valence-electron chi connectivity index (χ3n) is 2.01. The molecule has 0 radical (unpaired) electrons. The van der Waals surface area contributed by atoms with Gasteiger partial charge < -0.3 is 4.79 Å². The Kier molecular flexibility index (Phi) is 3.74. The third-order valence-corrected chi connectivity index (χ3v) is 2.35. The molecule has 0 N–H and O–H groups in total. The number of aldehydes is 1. The standard InChI is InChI=1S/C10H8ClF3O/c11-9-4-2-1-3-7(9)8(5-6-15)10(12,13)14/h1-4,6,8H,5H2. The first-order valence-corrected chi connectivity index (χ1v) is 4.59. The van der Waals surface area contributed by atoms with Gasteiger partial charge in [0.2, 0.25) is 0 Å². The predicted molar refractivity (Wildman–Crippen MR) is 50.9 cm³/mol. The Morgan fingerprint density at radius 2 is 1.93 bits per heavy atom. The molecule has 0 spiro atoms. The van der Waals surface area contributed by atoms with Gasteiger partial charge in [-0.3, -0.25) is 0 Å². The number of halogens is 4. The average Bonchev–Trinajstić information content (AvgIpc) is 2.14. The SMILES string of the molecule is O=CCC(c1ccccc1Cl)C(F)(F)F. The quantitative estimate of drug-likeness (QED) is 0.733.